The molecule has 0 atom stereocenters. The fraction of sp³-hybridized carbons (Fsp3) is 0.786. The Hall–Kier alpha value is -0.410. The van der Waals surface area contributed by atoms with Gasteiger partial charge in [0.05, 0.1) is 10.7 Å². The molecule has 17 heavy (non-hydrogen) atoms. The van der Waals surface area contributed by atoms with Crippen LogP contribution in [0.4, 0.5) is 0 Å². The van der Waals surface area contributed by atoms with Crippen LogP contribution in [0.25, 0.3) is 0 Å². The van der Waals surface area contributed by atoms with Gasteiger partial charge in [0.2, 0.25) is 0 Å². The Morgan fingerprint density at radius 2 is 1.88 bits per heavy atom. The van der Waals surface area contributed by atoms with Crippen LogP contribution in [0.2, 0.25) is 0 Å². The van der Waals surface area contributed by atoms with Gasteiger partial charge in [-0.25, -0.2) is 4.98 Å². The highest BCUT2D eigenvalue weighted by atomic mass is 32.1. The van der Waals surface area contributed by atoms with Crippen LogP contribution >= 0.6 is 11.3 Å². The molecule has 0 saturated heterocycles. The minimum absolute atomic E-state index is 0.764. The summed E-state index contributed by atoms with van der Waals surface area (Å²) in [6, 6.07) is 0.764. The summed E-state index contributed by atoms with van der Waals surface area (Å²) in [5.74, 6) is 0. The van der Waals surface area contributed by atoms with E-state index in [1.54, 1.807) is 0 Å². The van der Waals surface area contributed by atoms with E-state index in [9.17, 15) is 0 Å². The summed E-state index contributed by atoms with van der Waals surface area (Å²) in [4.78, 5) is 5.96. The molecule has 96 valence electrons. The molecule has 0 aromatic carbocycles. The third-order valence-corrected chi connectivity index (χ3v) is 4.83. The minimum Gasteiger partial charge on any atom is -0.314 e. The molecule has 1 N–H and O–H groups in total. The average molecular weight is 252 g/mol. The second kappa shape index (κ2) is 6.50. The predicted molar refractivity (Wildman–Crippen MR) is 74.8 cm³/mol. The molecule has 0 bridgehead atoms. The maximum atomic E-state index is 4.59. The molecule has 1 aromatic heterocycles. The quantitative estimate of drug-likeness (QED) is 0.828. The number of hydrogen-bond donors (Lipinski definition) is 1. The molecule has 0 radical (unpaired) electrons. The largest absolute Gasteiger partial charge is 0.314 e. The molecule has 2 nitrogen and oxygen atoms in total. The van der Waals surface area contributed by atoms with Crippen molar-refractivity contribution in [3.63, 3.8) is 0 Å². The number of hydrogen-bond acceptors (Lipinski definition) is 3. The normalized spacial score (nSPS) is 18.2. The highest BCUT2D eigenvalue weighted by Crippen LogP contribution is 2.18. The Kier molecular flexibility index (Phi) is 4.99. The van der Waals surface area contributed by atoms with Crippen molar-refractivity contribution in [1.29, 1.82) is 0 Å². The van der Waals surface area contributed by atoms with Crippen LogP contribution < -0.4 is 5.32 Å². The third-order valence-electron chi connectivity index (χ3n) is 3.70. The number of aromatic nitrogens is 1. The summed E-state index contributed by atoms with van der Waals surface area (Å²) in [5.41, 5.74) is 1.21. The summed E-state index contributed by atoms with van der Waals surface area (Å²) in [6.07, 6.45) is 9.52. The van der Waals surface area contributed by atoms with Crippen LogP contribution in [-0.2, 0) is 6.42 Å². The second-order valence-corrected chi connectivity index (χ2v) is 6.43. The van der Waals surface area contributed by atoms with Crippen molar-refractivity contribution in [2.75, 3.05) is 6.54 Å². The van der Waals surface area contributed by atoms with Crippen molar-refractivity contribution in [3.8, 4) is 0 Å². The summed E-state index contributed by atoms with van der Waals surface area (Å²) in [6.45, 7) is 5.36. The van der Waals surface area contributed by atoms with Crippen molar-refractivity contribution in [2.45, 2.75) is 64.8 Å². The van der Waals surface area contributed by atoms with Gasteiger partial charge in [-0.2, -0.15) is 0 Å². The SMILES string of the molecule is Cc1nc(CCNC2CCCCCC2)sc1C. The molecule has 0 spiro atoms. The highest BCUT2D eigenvalue weighted by molar-refractivity contribution is 7.11. The summed E-state index contributed by atoms with van der Waals surface area (Å²) in [7, 11) is 0. The van der Waals surface area contributed by atoms with Gasteiger partial charge in [0.25, 0.3) is 0 Å². The lowest BCUT2D eigenvalue weighted by Gasteiger charge is -2.15. The maximum Gasteiger partial charge on any atom is 0.0943 e. The first kappa shape index (κ1) is 13.0. The fourth-order valence-corrected chi connectivity index (χ4v) is 3.45. The van der Waals surface area contributed by atoms with E-state index < -0.39 is 0 Å². The molecule has 0 unspecified atom stereocenters. The van der Waals surface area contributed by atoms with Gasteiger partial charge >= 0.3 is 0 Å². The number of nitrogens with one attached hydrogen (secondary N) is 1. The predicted octanol–water partition coefficient (Wildman–Crippen LogP) is 3.61. The maximum absolute atomic E-state index is 4.59. The zero-order chi connectivity index (χ0) is 12.1. The summed E-state index contributed by atoms with van der Waals surface area (Å²) >= 11 is 1.85. The van der Waals surface area contributed by atoms with Gasteiger partial charge in [-0.15, -0.1) is 11.3 Å². The molecule has 0 amide bonds. The van der Waals surface area contributed by atoms with Crippen LogP contribution in [0, 0.1) is 13.8 Å². The van der Waals surface area contributed by atoms with Crippen LogP contribution in [0.5, 0.6) is 0 Å². The number of thiazole rings is 1. The monoisotopic (exact) mass is 252 g/mol. The Balaban J connectivity index is 1.71. The van der Waals surface area contributed by atoms with E-state index in [4.69, 9.17) is 0 Å². The van der Waals surface area contributed by atoms with Crippen LogP contribution in [-0.4, -0.2) is 17.6 Å². The molecule has 1 saturated carbocycles. The van der Waals surface area contributed by atoms with E-state index in [2.05, 4.69) is 24.1 Å². The highest BCUT2D eigenvalue weighted by Gasteiger charge is 2.11. The van der Waals surface area contributed by atoms with Crippen molar-refractivity contribution >= 4 is 11.3 Å². The Labute approximate surface area is 109 Å². The molecular formula is C14H24N2S. The zero-order valence-electron chi connectivity index (χ0n) is 11.1. The van der Waals surface area contributed by atoms with Crippen LogP contribution in [0.15, 0.2) is 0 Å². The molecule has 1 fully saturated rings. The Bertz CT molecular complexity index is 318. The van der Waals surface area contributed by atoms with E-state index >= 15 is 0 Å². The van der Waals surface area contributed by atoms with Gasteiger partial charge in [-0.1, -0.05) is 25.7 Å². The van der Waals surface area contributed by atoms with Gasteiger partial charge < -0.3 is 5.32 Å². The first-order valence-electron chi connectivity index (χ1n) is 6.92. The Morgan fingerprint density at radius 1 is 1.18 bits per heavy atom. The number of nitrogens with zero attached hydrogens (tertiary/aromatic N) is 1. The van der Waals surface area contributed by atoms with Gasteiger partial charge in [0, 0.05) is 23.9 Å². The molecule has 1 aromatic rings. The van der Waals surface area contributed by atoms with Crippen molar-refractivity contribution in [3.05, 3.63) is 15.6 Å². The van der Waals surface area contributed by atoms with Gasteiger partial charge in [0.15, 0.2) is 0 Å². The van der Waals surface area contributed by atoms with E-state index in [1.807, 2.05) is 11.3 Å². The van der Waals surface area contributed by atoms with Crippen molar-refractivity contribution in [2.24, 2.45) is 0 Å². The molecule has 1 aliphatic carbocycles. The molecule has 1 heterocycles. The standard InChI is InChI=1S/C14H24N2S/c1-11-12(2)17-14(16-11)9-10-15-13-7-5-3-4-6-8-13/h13,15H,3-10H2,1-2H3. The molecule has 2 rings (SSSR count). The van der Waals surface area contributed by atoms with Crippen molar-refractivity contribution < 1.29 is 0 Å². The van der Waals surface area contributed by atoms with Gasteiger partial charge in [-0.05, 0) is 26.7 Å². The van der Waals surface area contributed by atoms with Crippen LogP contribution in [0.1, 0.15) is 54.1 Å². The number of aryl methyl sites for hydroxylation is 2. The lowest BCUT2D eigenvalue weighted by atomic mass is 10.1. The molecular weight excluding hydrogens is 228 g/mol. The molecule has 3 heteroatoms. The average Bonchev–Trinajstić information content (AvgIpc) is 2.55. The van der Waals surface area contributed by atoms with Gasteiger partial charge in [0.1, 0.15) is 0 Å². The lowest BCUT2D eigenvalue weighted by Crippen LogP contribution is -2.30. The zero-order valence-corrected chi connectivity index (χ0v) is 11.9. The first-order valence-corrected chi connectivity index (χ1v) is 7.73. The van der Waals surface area contributed by atoms with Crippen molar-refractivity contribution in [1.82, 2.24) is 10.3 Å². The van der Waals surface area contributed by atoms with E-state index in [1.165, 1.54) is 54.1 Å². The minimum atomic E-state index is 0.764. The smallest absolute Gasteiger partial charge is 0.0943 e. The van der Waals surface area contributed by atoms with E-state index in [-0.39, 0.29) is 0 Å². The second-order valence-electron chi connectivity index (χ2n) is 5.14. The Morgan fingerprint density at radius 3 is 2.47 bits per heavy atom. The van der Waals surface area contributed by atoms with Gasteiger partial charge in [-0.3, -0.25) is 0 Å². The van der Waals surface area contributed by atoms with Crippen LogP contribution in [0.3, 0.4) is 0 Å². The lowest BCUT2D eigenvalue weighted by molar-refractivity contribution is 0.463. The summed E-state index contributed by atoms with van der Waals surface area (Å²) < 4.78 is 0. The van der Waals surface area contributed by atoms with E-state index in [0.29, 0.717) is 0 Å². The molecule has 1 aliphatic rings. The third kappa shape index (κ3) is 4.07. The first-order chi connectivity index (χ1) is 8.25. The summed E-state index contributed by atoms with van der Waals surface area (Å²) in [5, 5.41) is 5.00. The number of rotatable bonds is 4. The van der Waals surface area contributed by atoms with E-state index in [0.717, 1.165) is 19.0 Å². The fourth-order valence-electron chi connectivity index (χ4n) is 2.51. The molecule has 0 aliphatic heterocycles. The topological polar surface area (TPSA) is 24.9 Å².